The summed E-state index contributed by atoms with van der Waals surface area (Å²) in [6.45, 7) is 8.05. The summed E-state index contributed by atoms with van der Waals surface area (Å²) >= 11 is 0. The van der Waals surface area contributed by atoms with E-state index in [-0.39, 0.29) is 5.82 Å². The zero-order valence-electron chi connectivity index (χ0n) is 11.4. The average molecular weight is 262 g/mol. The van der Waals surface area contributed by atoms with Gasteiger partial charge in [-0.25, -0.2) is 14.4 Å². The maximum atomic E-state index is 13.3. The van der Waals surface area contributed by atoms with Crippen molar-refractivity contribution >= 4 is 16.7 Å². The van der Waals surface area contributed by atoms with E-state index in [0.717, 1.165) is 37.1 Å². The van der Waals surface area contributed by atoms with Gasteiger partial charge in [-0.15, -0.1) is 0 Å². The molecular formula is C14H19FN4. The van der Waals surface area contributed by atoms with E-state index in [0.29, 0.717) is 5.82 Å². The lowest BCUT2D eigenvalue weighted by atomic mass is 10.2. The first-order valence-corrected chi connectivity index (χ1v) is 6.61. The smallest absolute Gasteiger partial charge is 0.137 e. The normalized spacial score (nSPS) is 11.2. The second kappa shape index (κ2) is 6.43. The van der Waals surface area contributed by atoms with Crippen LogP contribution in [0.3, 0.4) is 0 Å². The molecule has 0 saturated carbocycles. The van der Waals surface area contributed by atoms with E-state index in [1.54, 1.807) is 6.07 Å². The highest BCUT2D eigenvalue weighted by Crippen LogP contribution is 2.19. The molecule has 0 unspecified atom stereocenters. The van der Waals surface area contributed by atoms with E-state index >= 15 is 0 Å². The minimum absolute atomic E-state index is 0.269. The van der Waals surface area contributed by atoms with Crippen molar-refractivity contribution in [3.05, 3.63) is 30.3 Å². The van der Waals surface area contributed by atoms with Crippen molar-refractivity contribution in [2.75, 3.05) is 31.5 Å². The first-order valence-electron chi connectivity index (χ1n) is 6.61. The second-order valence-corrected chi connectivity index (χ2v) is 4.34. The third kappa shape index (κ3) is 3.38. The van der Waals surface area contributed by atoms with E-state index in [9.17, 15) is 4.39 Å². The number of fused-ring (bicyclic) bond motifs is 1. The van der Waals surface area contributed by atoms with E-state index in [1.165, 1.54) is 18.5 Å². The Morgan fingerprint density at radius 1 is 1.21 bits per heavy atom. The van der Waals surface area contributed by atoms with E-state index in [2.05, 4.69) is 34.0 Å². The molecule has 0 amide bonds. The van der Waals surface area contributed by atoms with Crippen LogP contribution in [0.2, 0.25) is 0 Å². The van der Waals surface area contributed by atoms with Crippen LogP contribution < -0.4 is 5.32 Å². The molecule has 4 nitrogen and oxygen atoms in total. The van der Waals surface area contributed by atoms with E-state index in [1.807, 2.05) is 0 Å². The lowest BCUT2D eigenvalue weighted by Gasteiger charge is -2.18. The molecule has 0 radical (unpaired) electrons. The van der Waals surface area contributed by atoms with Crippen LogP contribution in [-0.2, 0) is 0 Å². The number of hydrogen-bond acceptors (Lipinski definition) is 4. The van der Waals surface area contributed by atoms with Crippen LogP contribution in [0, 0.1) is 5.82 Å². The molecule has 1 heterocycles. The van der Waals surface area contributed by atoms with Gasteiger partial charge in [0.25, 0.3) is 0 Å². The van der Waals surface area contributed by atoms with Crippen molar-refractivity contribution in [1.82, 2.24) is 14.9 Å². The van der Waals surface area contributed by atoms with Crippen molar-refractivity contribution in [3.63, 3.8) is 0 Å². The number of nitrogens with zero attached hydrogens (tertiary/aromatic N) is 3. The second-order valence-electron chi connectivity index (χ2n) is 4.34. The van der Waals surface area contributed by atoms with Gasteiger partial charge in [0, 0.05) is 18.5 Å². The third-order valence-electron chi connectivity index (χ3n) is 3.21. The highest BCUT2D eigenvalue weighted by Gasteiger charge is 2.05. The topological polar surface area (TPSA) is 41.0 Å². The number of anilines is 1. The molecule has 0 saturated heterocycles. The Labute approximate surface area is 112 Å². The number of halogens is 1. The lowest BCUT2D eigenvalue weighted by Crippen LogP contribution is -2.28. The van der Waals surface area contributed by atoms with Crippen LogP contribution in [0.5, 0.6) is 0 Å². The van der Waals surface area contributed by atoms with Gasteiger partial charge in [0.15, 0.2) is 0 Å². The average Bonchev–Trinajstić information content (AvgIpc) is 2.44. The van der Waals surface area contributed by atoms with Crippen LogP contribution in [-0.4, -0.2) is 41.0 Å². The largest absolute Gasteiger partial charge is 0.368 e. The first kappa shape index (κ1) is 13.7. The summed E-state index contributed by atoms with van der Waals surface area (Å²) < 4.78 is 13.3. The van der Waals surface area contributed by atoms with Gasteiger partial charge in [0.05, 0.1) is 5.52 Å². The summed E-state index contributed by atoms with van der Waals surface area (Å²) in [5.41, 5.74) is 0.752. The van der Waals surface area contributed by atoms with Crippen LogP contribution in [0.15, 0.2) is 24.5 Å². The maximum absolute atomic E-state index is 13.3. The minimum atomic E-state index is -0.269. The quantitative estimate of drug-likeness (QED) is 0.868. The summed E-state index contributed by atoms with van der Waals surface area (Å²) in [6, 6.07) is 4.55. The maximum Gasteiger partial charge on any atom is 0.137 e. The van der Waals surface area contributed by atoms with Gasteiger partial charge < -0.3 is 10.2 Å². The predicted octanol–water partition coefficient (Wildman–Crippen LogP) is 2.52. The highest BCUT2D eigenvalue weighted by atomic mass is 19.1. The van der Waals surface area contributed by atoms with Crippen molar-refractivity contribution in [3.8, 4) is 0 Å². The Kier molecular flexibility index (Phi) is 4.63. The summed E-state index contributed by atoms with van der Waals surface area (Å²) in [5, 5.41) is 3.98. The van der Waals surface area contributed by atoms with Gasteiger partial charge in [-0.1, -0.05) is 13.8 Å². The van der Waals surface area contributed by atoms with Crippen LogP contribution in [0.1, 0.15) is 13.8 Å². The lowest BCUT2D eigenvalue weighted by molar-refractivity contribution is 0.316. The zero-order chi connectivity index (χ0) is 13.7. The summed E-state index contributed by atoms with van der Waals surface area (Å²) in [6.07, 6.45) is 1.50. The number of likely N-dealkylation sites (N-methyl/N-ethyl adjacent to an activating group) is 1. The molecule has 2 aromatic rings. The molecule has 19 heavy (non-hydrogen) atoms. The molecule has 0 atom stereocenters. The standard InChI is InChI=1S/C14H19FN4/c1-3-19(4-2)8-7-16-14-12-9-11(15)5-6-13(12)17-10-18-14/h5-6,9-10H,3-4,7-8H2,1-2H3,(H,16,17,18). The van der Waals surface area contributed by atoms with E-state index < -0.39 is 0 Å². The fourth-order valence-electron chi connectivity index (χ4n) is 2.04. The van der Waals surface area contributed by atoms with Crippen molar-refractivity contribution in [1.29, 1.82) is 0 Å². The number of benzene rings is 1. The number of rotatable bonds is 6. The van der Waals surface area contributed by atoms with Crippen molar-refractivity contribution in [2.24, 2.45) is 0 Å². The zero-order valence-corrected chi connectivity index (χ0v) is 11.4. The minimum Gasteiger partial charge on any atom is -0.368 e. The Bertz CT molecular complexity index is 540. The molecule has 102 valence electrons. The molecule has 0 bridgehead atoms. The van der Waals surface area contributed by atoms with Gasteiger partial charge in [-0.2, -0.15) is 0 Å². The SMILES string of the molecule is CCN(CC)CCNc1ncnc2ccc(F)cc12. The van der Waals surface area contributed by atoms with Crippen LogP contribution >= 0.6 is 0 Å². The van der Waals surface area contributed by atoms with E-state index in [4.69, 9.17) is 0 Å². The molecule has 0 fully saturated rings. The molecule has 0 spiro atoms. The van der Waals surface area contributed by atoms with Gasteiger partial charge in [0.1, 0.15) is 18.0 Å². The molecule has 1 aromatic carbocycles. The van der Waals surface area contributed by atoms with Gasteiger partial charge >= 0.3 is 0 Å². The summed E-state index contributed by atoms with van der Waals surface area (Å²) in [7, 11) is 0. The molecule has 1 aromatic heterocycles. The Balaban J connectivity index is 2.10. The number of nitrogens with one attached hydrogen (secondary N) is 1. The van der Waals surface area contributed by atoms with Crippen molar-refractivity contribution < 1.29 is 4.39 Å². The fourth-order valence-corrected chi connectivity index (χ4v) is 2.04. The molecule has 5 heteroatoms. The Morgan fingerprint density at radius 2 is 2.00 bits per heavy atom. The molecular weight excluding hydrogens is 243 g/mol. The Morgan fingerprint density at radius 3 is 2.74 bits per heavy atom. The van der Waals surface area contributed by atoms with Gasteiger partial charge in [-0.05, 0) is 31.3 Å². The molecule has 0 aliphatic carbocycles. The number of aromatic nitrogens is 2. The monoisotopic (exact) mass is 262 g/mol. The van der Waals surface area contributed by atoms with Gasteiger partial charge in [0.2, 0.25) is 0 Å². The number of hydrogen-bond donors (Lipinski definition) is 1. The highest BCUT2D eigenvalue weighted by molar-refractivity contribution is 5.88. The third-order valence-corrected chi connectivity index (χ3v) is 3.21. The molecule has 1 N–H and O–H groups in total. The van der Waals surface area contributed by atoms with Crippen molar-refractivity contribution in [2.45, 2.75) is 13.8 Å². The fraction of sp³-hybridized carbons (Fsp3) is 0.429. The van der Waals surface area contributed by atoms with Gasteiger partial charge in [-0.3, -0.25) is 0 Å². The molecule has 2 rings (SSSR count). The van der Waals surface area contributed by atoms with Crippen LogP contribution in [0.25, 0.3) is 10.9 Å². The predicted molar refractivity (Wildman–Crippen MR) is 75.8 cm³/mol. The summed E-state index contributed by atoms with van der Waals surface area (Å²) in [4.78, 5) is 10.6. The molecule has 0 aliphatic rings. The summed E-state index contributed by atoms with van der Waals surface area (Å²) in [5.74, 6) is 0.422. The Hall–Kier alpha value is -1.75. The molecule has 0 aliphatic heterocycles. The first-order chi connectivity index (χ1) is 9.24. The van der Waals surface area contributed by atoms with Crippen LogP contribution in [0.4, 0.5) is 10.2 Å².